The number of para-hydroxylation sites is 2. The van der Waals surface area contributed by atoms with Gasteiger partial charge in [0, 0.05) is 6.42 Å². The van der Waals surface area contributed by atoms with Crippen molar-refractivity contribution in [3.05, 3.63) is 53.6 Å². The second kappa shape index (κ2) is 7.06. The molecule has 1 atom stereocenters. The normalized spacial score (nSPS) is 18.5. The van der Waals surface area contributed by atoms with Crippen molar-refractivity contribution in [1.82, 2.24) is 5.32 Å². The zero-order chi connectivity index (χ0) is 18.0. The molecule has 2 aromatic rings. The van der Waals surface area contributed by atoms with Crippen molar-refractivity contribution < 1.29 is 13.2 Å². The number of rotatable bonds is 5. The van der Waals surface area contributed by atoms with Crippen LogP contribution in [0, 0.1) is 13.8 Å². The Bertz CT molecular complexity index is 844. The molecule has 1 aliphatic rings. The highest BCUT2D eigenvalue weighted by Crippen LogP contribution is 2.43. The quantitative estimate of drug-likeness (QED) is 0.829. The standard InChI is InChI=1S/C19H24N2O3S/c1-14-11-15(2)13-16(12-14)21-17-7-4-5-8-18(17)24-19(25(21,22)23)9-6-10-20-3/h4-5,7-8,11-13,19-20H,6,9-10H2,1-3H3. The smallest absolute Gasteiger partial charge is 0.277 e. The van der Waals surface area contributed by atoms with E-state index in [4.69, 9.17) is 4.74 Å². The summed E-state index contributed by atoms with van der Waals surface area (Å²) in [5.41, 5.74) is 2.41. The van der Waals surface area contributed by atoms with Gasteiger partial charge in [0.25, 0.3) is 10.0 Å². The number of nitrogens with one attached hydrogen (secondary N) is 1. The van der Waals surface area contributed by atoms with Crippen LogP contribution in [0.3, 0.4) is 0 Å². The summed E-state index contributed by atoms with van der Waals surface area (Å²) in [5, 5.41) is 3.05. The van der Waals surface area contributed by atoms with Gasteiger partial charge in [0.05, 0.1) is 11.4 Å². The van der Waals surface area contributed by atoms with Gasteiger partial charge in [-0.3, -0.25) is 0 Å². The number of anilines is 2. The van der Waals surface area contributed by atoms with Crippen molar-refractivity contribution in [1.29, 1.82) is 0 Å². The van der Waals surface area contributed by atoms with Gasteiger partial charge in [0.2, 0.25) is 5.44 Å². The van der Waals surface area contributed by atoms with Crippen molar-refractivity contribution in [2.24, 2.45) is 0 Å². The van der Waals surface area contributed by atoms with Gasteiger partial charge < -0.3 is 10.1 Å². The fourth-order valence-electron chi connectivity index (χ4n) is 3.19. The van der Waals surface area contributed by atoms with Crippen molar-refractivity contribution >= 4 is 21.4 Å². The summed E-state index contributed by atoms with van der Waals surface area (Å²) in [5.74, 6) is 0.603. The number of hydrogen-bond acceptors (Lipinski definition) is 4. The van der Waals surface area contributed by atoms with Crippen molar-refractivity contribution in [2.75, 3.05) is 17.9 Å². The lowest BCUT2D eigenvalue weighted by Crippen LogP contribution is -2.43. The van der Waals surface area contributed by atoms with Crippen molar-refractivity contribution in [2.45, 2.75) is 32.1 Å². The SMILES string of the molecule is CNCCCC1Oc2ccccc2N(c2cc(C)cc(C)c2)S1(=O)=O. The summed E-state index contributed by atoms with van der Waals surface area (Å²) >= 11 is 0. The molecule has 0 spiro atoms. The van der Waals surface area contributed by atoms with E-state index < -0.39 is 15.5 Å². The first-order valence-corrected chi connectivity index (χ1v) is 9.96. The number of aryl methyl sites for hydroxylation is 2. The van der Waals surface area contributed by atoms with Crippen LogP contribution in [-0.4, -0.2) is 27.4 Å². The zero-order valence-electron chi connectivity index (χ0n) is 14.8. The molecule has 134 valence electrons. The highest BCUT2D eigenvalue weighted by atomic mass is 32.2. The molecular formula is C19H24N2O3S. The number of benzene rings is 2. The van der Waals surface area contributed by atoms with Crippen LogP contribution in [0.2, 0.25) is 0 Å². The molecule has 0 saturated carbocycles. The van der Waals surface area contributed by atoms with E-state index in [0.29, 0.717) is 23.5 Å². The molecule has 25 heavy (non-hydrogen) atoms. The van der Waals surface area contributed by atoms with Crippen LogP contribution in [0.4, 0.5) is 11.4 Å². The van der Waals surface area contributed by atoms with Crippen LogP contribution in [0.1, 0.15) is 24.0 Å². The molecule has 0 saturated heterocycles. The molecular weight excluding hydrogens is 336 g/mol. The molecule has 1 N–H and O–H groups in total. The summed E-state index contributed by atoms with van der Waals surface area (Å²) in [6.45, 7) is 4.69. The lowest BCUT2D eigenvalue weighted by Gasteiger charge is -2.35. The maximum Gasteiger partial charge on any atom is 0.277 e. The Balaban J connectivity index is 2.10. The summed E-state index contributed by atoms with van der Waals surface area (Å²) in [6, 6.07) is 13.1. The molecule has 5 nitrogen and oxygen atoms in total. The third-order valence-electron chi connectivity index (χ3n) is 4.24. The monoisotopic (exact) mass is 360 g/mol. The molecule has 1 aliphatic heterocycles. The Morgan fingerprint density at radius 1 is 1.12 bits per heavy atom. The van der Waals surface area contributed by atoms with E-state index in [2.05, 4.69) is 5.32 Å². The van der Waals surface area contributed by atoms with Gasteiger partial charge in [0.1, 0.15) is 5.75 Å². The van der Waals surface area contributed by atoms with Crippen LogP contribution in [0.15, 0.2) is 42.5 Å². The molecule has 3 rings (SSSR count). The lowest BCUT2D eigenvalue weighted by molar-refractivity contribution is 0.254. The molecule has 0 radical (unpaired) electrons. The van der Waals surface area contributed by atoms with Crippen LogP contribution in [0.25, 0.3) is 0 Å². The molecule has 1 unspecified atom stereocenters. The minimum atomic E-state index is -3.66. The molecule has 0 aromatic heterocycles. The highest BCUT2D eigenvalue weighted by molar-refractivity contribution is 7.93. The molecule has 2 aromatic carbocycles. The number of fused-ring (bicyclic) bond motifs is 1. The van der Waals surface area contributed by atoms with Gasteiger partial charge in [0.15, 0.2) is 0 Å². The van der Waals surface area contributed by atoms with Crippen molar-refractivity contribution in [3.8, 4) is 5.75 Å². The van der Waals surface area contributed by atoms with E-state index in [1.54, 1.807) is 6.07 Å². The molecule has 1 heterocycles. The largest absolute Gasteiger partial charge is 0.470 e. The van der Waals surface area contributed by atoms with Gasteiger partial charge >= 0.3 is 0 Å². The number of nitrogens with zero attached hydrogens (tertiary/aromatic N) is 1. The maximum atomic E-state index is 13.3. The Morgan fingerprint density at radius 3 is 2.48 bits per heavy atom. The second-order valence-corrected chi connectivity index (χ2v) is 8.34. The van der Waals surface area contributed by atoms with Gasteiger partial charge in [-0.25, -0.2) is 12.7 Å². The van der Waals surface area contributed by atoms with Gasteiger partial charge in [-0.2, -0.15) is 0 Å². The Labute approximate surface area is 149 Å². The molecule has 0 fully saturated rings. The van der Waals surface area contributed by atoms with Crippen LogP contribution in [0.5, 0.6) is 5.75 Å². The van der Waals surface area contributed by atoms with Crippen LogP contribution < -0.4 is 14.4 Å². The summed E-state index contributed by atoms with van der Waals surface area (Å²) in [6.07, 6.45) is 1.17. The first-order chi connectivity index (χ1) is 11.9. The topological polar surface area (TPSA) is 58.6 Å². The first kappa shape index (κ1) is 17.8. The van der Waals surface area contributed by atoms with E-state index in [-0.39, 0.29) is 0 Å². The first-order valence-electron chi connectivity index (χ1n) is 8.46. The van der Waals surface area contributed by atoms with Crippen LogP contribution in [-0.2, 0) is 10.0 Å². The molecule has 0 aliphatic carbocycles. The zero-order valence-corrected chi connectivity index (χ0v) is 15.6. The van der Waals surface area contributed by atoms with Crippen molar-refractivity contribution in [3.63, 3.8) is 0 Å². The maximum absolute atomic E-state index is 13.3. The lowest BCUT2D eigenvalue weighted by atomic mass is 10.1. The second-order valence-electron chi connectivity index (χ2n) is 6.42. The highest BCUT2D eigenvalue weighted by Gasteiger charge is 2.40. The molecule has 6 heteroatoms. The minimum Gasteiger partial charge on any atom is -0.470 e. The third kappa shape index (κ3) is 3.50. The summed E-state index contributed by atoms with van der Waals surface area (Å²) in [7, 11) is -1.81. The third-order valence-corrected chi connectivity index (χ3v) is 6.15. The predicted molar refractivity (Wildman–Crippen MR) is 101 cm³/mol. The number of sulfonamides is 1. The summed E-state index contributed by atoms with van der Waals surface area (Å²) < 4.78 is 33.8. The number of hydrogen-bond donors (Lipinski definition) is 1. The Hall–Kier alpha value is -2.05. The number of ether oxygens (including phenoxy) is 1. The van der Waals surface area contributed by atoms with E-state index in [1.807, 2.05) is 57.3 Å². The van der Waals surface area contributed by atoms with Gasteiger partial charge in [-0.05, 0) is 69.3 Å². The predicted octanol–water partition coefficient (Wildman–Crippen LogP) is 3.49. The fraction of sp³-hybridized carbons (Fsp3) is 0.368. The van der Waals surface area contributed by atoms with E-state index in [9.17, 15) is 8.42 Å². The Morgan fingerprint density at radius 2 is 1.80 bits per heavy atom. The molecule has 0 bridgehead atoms. The van der Waals surface area contributed by atoms with E-state index in [1.165, 1.54) is 4.31 Å². The average Bonchev–Trinajstić information content (AvgIpc) is 2.54. The van der Waals surface area contributed by atoms with Gasteiger partial charge in [-0.15, -0.1) is 0 Å². The van der Waals surface area contributed by atoms with Crippen LogP contribution >= 0.6 is 0 Å². The van der Waals surface area contributed by atoms with Gasteiger partial charge in [-0.1, -0.05) is 18.2 Å². The summed E-state index contributed by atoms with van der Waals surface area (Å²) in [4.78, 5) is 0. The van der Waals surface area contributed by atoms with E-state index >= 15 is 0 Å². The molecule has 0 amide bonds. The fourth-order valence-corrected chi connectivity index (χ4v) is 4.94. The van der Waals surface area contributed by atoms with E-state index in [0.717, 1.165) is 24.1 Å². The minimum absolute atomic E-state index is 0.443. The Kier molecular flexibility index (Phi) is 5.01. The average molecular weight is 360 g/mol.